The minimum atomic E-state index is -3.10. The van der Waals surface area contributed by atoms with Gasteiger partial charge in [0.1, 0.15) is 0 Å². The summed E-state index contributed by atoms with van der Waals surface area (Å²) in [5.74, 6) is 0. The van der Waals surface area contributed by atoms with Crippen LogP contribution in [0.1, 0.15) is 9.75 Å². The van der Waals surface area contributed by atoms with Crippen molar-refractivity contribution in [3.05, 3.63) is 108 Å². The summed E-state index contributed by atoms with van der Waals surface area (Å²) in [6, 6.07) is 23.0. The summed E-state index contributed by atoms with van der Waals surface area (Å²) in [6.07, 6.45) is 0. The second-order valence-electron chi connectivity index (χ2n) is 7.67. The van der Waals surface area contributed by atoms with E-state index < -0.39 is 7.14 Å². The van der Waals surface area contributed by atoms with Crippen molar-refractivity contribution in [2.45, 2.75) is 0 Å². The Balaban J connectivity index is 1.86. The third-order valence-corrected chi connectivity index (χ3v) is 13.3. The second kappa shape index (κ2) is 7.11. The van der Waals surface area contributed by atoms with Gasteiger partial charge in [0, 0.05) is 46.9 Å². The molecule has 4 aromatic heterocycles. The minimum Gasteiger partial charge on any atom is -0.308 e. The Labute approximate surface area is 200 Å². The van der Waals surface area contributed by atoms with Crippen molar-refractivity contribution < 1.29 is 4.57 Å². The summed E-state index contributed by atoms with van der Waals surface area (Å²) in [4.78, 5) is 2.21. The molecule has 0 N–H and O–H groups in total. The highest BCUT2D eigenvalue weighted by atomic mass is 32.1. The van der Waals surface area contributed by atoms with E-state index in [9.17, 15) is 0 Å². The lowest BCUT2D eigenvalue weighted by molar-refractivity contribution is 0.593. The first-order valence-corrected chi connectivity index (χ1v) is 15.4. The number of thiophene rings is 4. The van der Waals surface area contributed by atoms with Crippen molar-refractivity contribution in [1.29, 1.82) is 0 Å². The summed E-state index contributed by atoms with van der Waals surface area (Å²) in [5, 5.41) is 16.3. The van der Waals surface area contributed by atoms with Gasteiger partial charge in [0.15, 0.2) is 7.14 Å². The van der Waals surface area contributed by atoms with Crippen LogP contribution in [-0.4, -0.2) is 0 Å². The van der Waals surface area contributed by atoms with Gasteiger partial charge in [0.2, 0.25) is 0 Å². The summed E-state index contributed by atoms with van der Waals surface area (Å²) in [7, 11) is -3.10. The molecule has 154 valence electrons. The summed E-state index contributed by atoms with van der Waals surface area (Å²) >= 11 is 6.94. The topological polar surface area (TPSA) is 17.1 Å². The molecule has 1 aliphatic heterocycles. The van der Waals surface area contributed by atoms with E-state index in [-0.39, 0.29) is 0 Å². The van der Waals surface area contributed by atoms with Gasteiger partial charge in [-0.15, -0.1) is 45.3 Å². The summed E-state index contributed by atoms with van der Waals surface area (Å²) in [6.45, 7) is 0. The third kappa shape index (κ3) is 2.46. The molecular weight excluding hydrogens is 488 g/mol. The normalized spacial score (nSPS) is 15.1. The molecule has 2 aromatic carbocycles. The van der Waals surface area contributed by atoms with Crippen LogP contribution in [0.5, 0.6) is 0 Å². The lowest BCUT2D eigenvalue weighted by Crippen LogP contribution is -2.25. The van der Waals surface area contributed by atoms with Crippen molar-refractivity contribution in [1.82, 2.24) is 0 Å². The molecule has 0 bridgehead atoms. The maximum Gasteiger partial charge on any atom is 0.175 e. The fourth-order valence-electron chi connectivity index (χ4n) is 4.83. The van der Waals surface area contributed by atoms with Gasteiger partial charge in [-0.25, -0.2) is 0 Å². The molecule has 0 unspecified atom stereocenters. The molecule has 0 saturated carbocycles. The monoisotopic (exact) mass is 502 g/mol. The van der Waals surface area contributed by atoms with E-state index in [2.05, 4.69) is 57.9 Å². The Kier molecular flexibility index (Phi) is 4.27. The molecular formula is C26H15OPS4. The first-order chi connectivity index (χ1) is 15.8. The number of benzene rings is 2. The molecule has 1 aliphatic rings. The Morgan fingerprint density at radius 1 is 0.531 bits per heavy atom. The van der Waals surface area contributed by atoms with Crippen molar-refractivity contribution in [3.8, 4) is 0 Å². The molecule has 0 fully saturated rings. The largest absolute Gasteiger partial charge is 0.308 e. The maximum atomic E-state index is 15.6. The number of hydrogen-bond acceptors (Lipinski definition) is 5. The Hall–Kier alpha value is -2.27. The molecule has 32 heavy (non-hydrogen) atoms. The van der Waals surface area contributed by atoms with Gasteiger partial charge in [-0.2, -0.15) is 0 Å². The van der Waals surface area contributed by atoms with Crippen LogP contribution in [0.25, 0.3) is 30.8 Å². The molecule has 0 saturated heterocycles. The molecule has 6 aromatic rings. The smallest absolute Gasteiger partial charge is 0.175 e. The molecule has 0 amide bonds. The maximum absolute atomic E-state index is 15.6. The fraction of sp³-hybridized carbons (Fsp3) is 0. The predicted molar refractivity (Wildman–Crippen MR) is 144 cm³/mol. The zero-order chi connectivity index (χ0) is 21.3. The molecule has 6 heteroatoms. The van der Waals surface area contributed by atoms with Crippen LogP contribution in [0.2, 0.25) is 0 Å². The van der Waals surface area contributed by atoms with Gasteiger partial charge < -0.3 is 4.57 Å². The van der Waals surface area contributed by atoms with E-state index in [0.29, 0.717) is 0 Å². The zero-order valence-corrected chi connectivity index (χ0v) is 20.8. The molecule has 7 rings (SSSR count). The van der Waals surface area contributed by atoms with Gasteiger partial charge in [-0.05, 0) is 45.8 Å². The Bertz CT molecular complexity index is 1670. The highest BCUT2D eigenvalue weighted by Gasteiger charge is 2.42. The molecule has 0 radical (unpaired) electrons. The standard InChI is InChI=1S/C26H15OPS4/c27-28(16-6-2-1-3-7-16)23(19-8-4-12-29-19)21-17-10-14-31-25(17)26-18(11-15-32-26)22(21)24(28)20-9-5-13-30-20/h1-15H. The van der Waals surface area contributed by atoms with Gasteiger partial charge in [-0.1, -0.05) is 42.5 Å². The number of hydrogen-bond donors (Lipinski definition) is 0. The molecule has 0 aliphatic carbocycles. The van der Waals surface area contributed by atoms with E-state index >= 15 is 4.57 Å². The lowest BCUT2D eigenvalue weighted by atomic mass is 10.1. The highest BCUT2D eigenvalue weighted by Crippen LogP contribution is 2.67. The van der Waals surface area contributed by atoms with E-state index in [0.717, 1.165) is 25.7 Å². The first-order valence-electron chi connectivity index (χ1n) is 10.2. The predicted octanol–water partition coefficient (Wildman–Crippen LogP) is 7.25. The van der Waals surface area contributed by atoms with E-state index in [1.165, 1.54) is 30.6 Å². The molecule has 0 atom stereocenters. The van der Waals surface area contributed by atoms with Crippen LogP contribution >= 0.6 is 52.5 Å². The average molecular weight is 503 g/mol. The van der Waals surface area contributed by atoms with Crippen LogP contribution in [0.15, 0.2) is 88.3 Å². The van der Waals surface area contributed by atoms with Gasteiger partial charge in [0.25, 0.3) is 0 Å². The quantitative estimate of drug-likeness (QED) is 0.233. The fourth-order valence-corrected chi connectivity index (χ4v) is 12.5. The minimum absolute atomic E-state index is 0.912. The zero-order valence-electron chi connectivity index (χ0n) is 16.6. The molecule has 0 spiro atoms. The van der Waals surface area contributed by atoms with Gasteiger partial charge in [0.05, 0.1) is 9.40 Å². The lowest BCUT2D eigenvalue weighted by Gasteiger charge is -2.20. The third-order valence-electron chi connectivity index (χ3n) is 6.06. The van der Waals surface area contributed by atoms with E-state index in [1.807, 2.05) is 30.3 Å². The average Bonchev–Trinajstić information content (AvgIpc) is 3.63. The number of rotatable bonds is 3. The first kappa shape index (κ1) is 19.2. The SMILES string of the molecule is O=P1(c2ccccc2)C(c2cccs2)=c2c(c3ccsc3c3sccc23)=C1c1cccs1. The van der Waals surface area contributed by atoms with Crippen LogP contribution in [0.4, 0.5) is 0 Å². The molecule has 1 nitrogen and oxygen atoms in total. The molecule has 5 heterocycles. The van der Waals surface area contributed by atoms with E-state index in [1.54, 1.807) is 45.3 Å². The van der Waals surface area contributed by atoms with Crippen LogP contribution in [0, 0.1) is 0 Å². The van der Waals surface area contributed by atoms with Gasteiger partial charge >= 0.3 is 0 Å². The van der Waals surface area contributed by atoms with Crippen molar-refractivity contribution >= 4 is 88.6 Å². The summed E-state index contributed by atoms with van der Waals surface area (Å²) < 4.78 is 18.2. The second-order valence-corrected chi connectivity index (χ2v) is 14.0. The Morgan fingerprint density at radius 3 is 1.53 bits per heavy atom. The van der Waals surface area contributed by atoms with Crippen LogP contribution in [0.3, 0.4) is 0 Å². The van der Waals surface area contributed by atoms with E-state index in [4.69, 9.17) is 0 Å². The highest BCUT2D eigenvalue weighted by molar-refractivity contribution is 7.90. The van der Waals surface area contributed by atoms with Gasteiger partial charge in [-0.3, -0.25) is 0 Å². The summed E-state index contributed by atoms with van der Waals surface area (Å²) in [5.41, 5.74) is 0. The van der Waals surface area contributed by atoms with Crippen LogP contribution < -0.4 is 15.7 Å². The van der Waals surface area contributed by atoms with Crippen molar-refractivity contribution in [2.24, 2.45) is 0 Å². The number of fused-ring (bicyclic) bond motifs is 6. The Morgan fingerprint density at radius 2 is 1.06 bits per heavy atom. The van der Waals surface area contributed by atoms with Crippen molar-refractivity contribution in [3.63, 3.8) is 0 Å². The van der Waals surface area contributed by atoms with Crippen molar-refractivity contribution in [2.75, 3.05) is 0 Å². The van der Waals surface area contributed by atoms with Crippen LogP contribution in [-0.2, 0) is 4.57 Å².